The zero-order chi connectivity index (χ0) is 11.4. The first kappa shape index (κ1) is 11.0. The van der Waals surface area contributed by atoms with Crippen LogP contribution in [-0.2, 0) is 4.79 Å². The van der Waals surface area contributed by atoms with Gasteiger partial charge in [-0.05, 0) is 37.1 Å². The molecule has 0 spiro atoms. The quantitative estimate of drug-likeness (QED) is 0.785. The molecule has 1 aromatic carbocycles. The number of methoxy groups -OCH3 is 1. The molecule has 2 rings (SSSR count). The van der Waals surface area contributed by atoms with Crippen LogP contribution in [0.4, 0.5) is 0 Å². The molecule has 1 aliphatic carbocycles. The Hall–Kier alpha value is -1.51. The van der Waals surface area contributed by atoms with Crippen LogP contribution < -0.4 is 9.47 Å². The van der Waals surface area contributed by atoms with Gasteiger partial charge in [-0.2, -0.15) is 0 Å². The van der Waals surface area contributed by atoms with E-state index in [1.165, 1.54) is 0 Å². The maximum Gasteiger partial charge on any atom is 0.136 e. The van der Waals surface area contributed by atoms with Crippen LogP contribution in [0.3, 0.4) is 0 Å². The summed E-state index contributed by atoms with van der Waals surface area (Å²) in [6.07, 6.45) is 3.22. The number of hydrogen-bond acceptors (Lipinski definition) is 3. The van der Waals surface area contributed by atoms with E-state index in [1.807, 2.05) is 24.3 Å². The van der Waals surface area contributed by atoms with E-state index in [9.17, 15) is 4.79 Å². The molecule has 0 saturated heterocycles. The van der Waals surface area contributed by atoms with Gasteiger partial charge in [0.2, 0.25) is 0 Å². The number of carbonyl (C=O) groups is 1. The van der Waals surface area contributed by atoms with E-state index in [1.54, 1.807) is 7.11 Å². The Balaban J connectivity index is 1.94. The normalized spacial score (nSPS) is 20.6. The van der Waals surface area contributed by atoms with Gasteiger partial charge in [0.15, 0.2) is 0 Å². The van der Waals surface area contributed by atoms with Gasteiger partial charge < -0.3 is 9.47 Å². The largest absolute Gasteiger partial charge is 0.497 e. The molecule has 0 bridgehead atoms. The summed E-state index contributed by atoms with van der Waals surface area (Å²) < 4.78 is 10.8. The summed E-state index contributed by atoms with van der Waals surface area (Å²) in [5.74, 6) is 1.93. The Morgan fingerprint density at radius 1 is 1.19 bits per heavy atom. The van der Waals surface area contributed by atoms with Gasteiger partial charge in [0, 0.05) is 12.8 Å². The van der Waals surface area contributed by atoms with E-state index in [0.717, 1.165) is 24.3 Å². The Morgan fingerprint density at radius 3 is 2.50 bits per heavy atom. The van der Waals surface area contributed by atoms with Gasteiger partial charge in [0.1, 0.15) is 23.4 Å². The van der Waals surface area contributed by atoms with Gasteiger partial charge in [-0.15, -0.1) is 0 Å². The second kappa shape index (κ2) is 5.01. The van der Waals surface area contributed by atoms with Crippen molar-refractivity contribution >= 4 is 5.78 Å². The van der Waals surface area contributed by atoms with Crippen LogP contribution in [0.25, 0.3) is 0 Å². The minimum Gasteiger partial charge on any atom is -0.497 e. The maximum atomic E-state index is 11.3. The molecule has 86 valence electrons. The zero-order valence-electron chi connectivity index (χ0n) is 9.44. The van der Waals surface area contributed by atoms with Gasteiger partial charge in [-0.1, -0.05) is 0 Å². The molecule has 0 amide bonds. The van der Waals surface area contributed by atoms with Crippen molar-refractivity contribution in [1.29, 1.82) is 0 Å². The van der Waals surface area contributed by atoms with Crippen LogP contribution in [0.5, 0.6) is 11.5 Å². The van der Waals surface area contributed by atoms with E-state index < -0.39 is 0 Å². The number of carbonyl (C=O) groups excluding carboxylic acids is 1. The minimum absolute atomic E-state index is 0.0506. The van der Waals surface area contributed by atoms with Crippen molar-refractivity contribution in [3.8, 4) is 11.5 Å². The van der Waals surface area contributed by atoms with Crippen LogP contribution in [0.1, 0.15) is 25.7 Å². The molecular formula is C13H16O3. The smallest absolute Gasteiger partial charge is 0.136 e. The highest BCUT2D eigenvalue weighted by atomic mass is 16.5. The zero-order valence-corrected chi connectivity index (χ0v) is 9.44. The Kier molecular flexibility index (Phi) is 3.44. The molecule has 16 heavy (non-hydrogen) atoms. The van der Waals surface area contributed by atoms with Gasteiger partial charge in [-0.25, -0.2) is 0 Å². The lowest BCUT2D eigenvalue weighted by atomic mass is 9.96. The third-order valence-electron chi connectivity index (χ3n) is 2.80. The molecule has 1 atom stereocenters. The van der Waals surface area contributed by atoms with E-state index in [2.05, 4.69) is 0 Å². The SMILES string of the molecule is COc1ccc(OC2CCCC(=O)C2)cc1. The Bertz CT molecular complexity index is 356. The molecule has 0 radical (unpaired) electrons. The Labute approximate surface area is 95.4 Å². The van der Waals surface area contributed by atoms with E-state index in [-0.39, 0.29) is 6.10 Å². The van der Waals surface area contributed by atoms with Crippen LogP contribution in [0, 0.1) is 0 Å². The lowest BCUT2D eigenvalue weighted by Gasteiger charge is -2.22. The fourth-order valence-electron chi connectivity index (χ4n) is 1.93. The third kappa shape index (κ3) is 2.75. The van der Waals surface area contributed by atoms with E-state index in [0.29, 0.717) is 18.6 Å². The second-order valence-electron chi connectivity index (χ2n) is 4.05. The molecule has 1 unspecified atom stereocenters. The maximum absolute atomic E-state index is 11.3. The highest BCUT2D eigenvalue weighted by Crippen LogP contribution is 2.23. The minimum atomic E-state index is 0.0506. The molecule has 0 aliphatic heterocycles. The Morgan fingerprint density at radius 2 is 1.88 bits per heavy atom. The first-order chi connectivity index (χ1) is 7.78. The summed E-state index contributed by atoms with van der Waals surface area (Å²) >= 11 is 0. The number of rotatable bonds is 3. The molecule has 0 heterocycles. The van der Waals surface area contributed by atoms with Gasteiger partial charge in [0.25, 0.3) is 0 Å². The van der Waals surface area contributed by atoms with Crippen LogP contribution >= 0.6 is 0 Å². The standard InChI is InChI=1S/C13H16O3/c1-15-11-5-7-12(8-6-11)16-13-4-2-3-10(14)9-13/h5-8,13H,2-4,9H2,1H3. The topological polar surface area (TPSA) is 35.5 Å². The van der Waals surface area contributed by atoms with Crippen LogP contribution in [0.2, 0.25) is 0 Å². The molecule has 0 aromatic heterocycles. The average Bonchev–Trinajstić information content (AvgIpc) is 2.30. The first-order valence-corrected chi connectivity index (χ1v) is 5.60. The predicted molar refractivity (Wildman–Crippen MR) is 60.9 cm³/mol. The number of hydrogen-bond donors (Lipinski definition) is 0. The lowest BCUT2D eigenvalue weighted by molar-refractivity contribution is -0.122. The molecule has 1 aliphatic rings. The van der Waals surface area contributed by atoms with Crippen LogP contribution in [-0.4, -0.2) is 19.0 Å². The van der Waals surface area contributed by atoms with Crippen molar-refractivity contribution in [3.63, 3.8) is 0 Å². The lowest BCUT2D eigenvalue weighted by Crippen LogP contribution is -2.25. The number of ketones is 1. The fraction of sp³-hybridized carbons (Fsp3) is 0.462. The van der Waals surface area contributed by atoms with Crippen molar-refractivity contribution < 1.29 is 14.3 Å². The predicted octanol–water partition coefficient (Wildman–Crippen LogP) is 2.59. The molecule has 3 nitrogen and oxygen atoms in total. The average molecular weight is 220 g/mol. The molecule has 1 aromatic rings. The van der Waals surface area contributed by atoms with Crippen molar-refractivity contribution in [1.82, 2.24) is 0 Å². The third-order valence-corrected chi connectivity index (χ3v) is 2.80. The highest BCUT2D eigenvalue weighted by Gasteiger charge is 2.20. The number of Topliss-reactive ketones (excluding diaryl/α,β-unsaturated/α-hetero) is 1. The molecule has 1 fully saturated rings. The summed E-state index contributed by atoms with van der Waals surface area (Å²) in [6.45, 7) is 0. The van der Waals surface area contributed by atoms with Gasteiger partial charge in [-0.3, -0.25) is 4.79 Å². The first-order valence-electron chi connectivity index (χ1n) is 5.60. The summed E-state index contributed by atoms with van der Waals surface area (Å²) in [6, 6.07) is 7.47. The number of benzene rings is 1. The number of ether oxygens (including phenoxy) is 2. The van der Waals surface area contributed by atoms with Crippen molar-refractivity contribution in [2.75, 3.05) is 7.11 Å². The van der Waals surface area contributed by atoms with Crippen molar-refractivity contribution in [2.24, 2.45) is 0 Å². The summed E-state index contributed by atoms with van der Waals surface area (Å²) in [7, 11) is 1.63. The van der Waals surface area contributed by atoms with Gasteiger partial charge in [0.05, 0.1) is 7.11 Å². The molecule has 3 heteroatoms. The van der Waals surface area contributed by atoms with Gasteiger partial charge >= 0.3 is 0 Å². The molecular weight excluding hydrogens is 204 g/mol. The molecule has 0 N–H and O–H groups in total. The fourth-order valence-corrected chi connectivity index (χ4v) is 1.93. The van der Waals surface area contributed by atoms with Crippen LogP contribution in [0.15, 0.2) is 24.3 Å². The monoisotopic (exact) mass is 220 g/mol. The van der Waals surface area contributed by atoms with E-state index in [4.69, 9.17) is 9.47 Å². The summed E-state index contributed by atoms with van der Waals surface area (Å²) in [5.41, 5.74) is 0. The highest BCUT2D eigenvalue weighted by molar-refractivity contribution is 5.79. The van der Waals surface area contributed by atoms with E-state index >= 15 is 0 Å². The summed E-state index contributed by atoms with van der Waals surface area (Å²) in [5, 5.41) is 0. The molecule has 1 saturated carbocycles. The van der Waals surface area contributed by atoms with Crippen molar-refractivity contribution in [3.05, 3.63) is 24.3 Å². The summed E-state index contributed by atoms with van der Waals surface area (Å²) in [4.78, 5) is 11.3. The second-order valence-corrected chi connectivity index (χ2v) is 4.05. The van der Waals surface area contributed by atoms with Crippen molar-refractivity contribution in [2.45, 2.75) is 31.8 Å².